The van der Waals surface area contributed by atoms with E-state index in [0.29, 0.717) is 11.5 Å². The van der Waals surface area contributed by atoms with Gasteiger partial charge in [0.15, 0.2) is 5.82 Å². The average Bonchev–Trinajstić information content (AvgIpc) is 3.86. The third kappa shape index (κ3) is 4.09. The van der Waals surface area contributed by atoms with Crippen molar-refractivity contribution in [2.75, 3.05) is 0 Å². The van der Waals surface area contributed by atoms with Crippen LogP contribution in [0.2, 0.25) is 0 Å². The van der Waals surface area contributed by atoms with Crippen molar-refractivity contribution in [2.24, 2.45) is 0 Å². The summed E-state index contributed by atoms with van der Waals surface area (Å²) in [7, 11) is 0. The van der Waals surface area contributed by atoms with Crippen LogP contribution >= 0.6 is 0 Å². The fraction of sp³-hybridized carbons (Fsp3) is 0. The van der Waals surface area contributed by atoms with Gasteiger partial charge >= 0.3 is 0 Å². The van der Waals surface area contributed by atoms with Gasteiger partial charge in [-0.1, -0.05) is 121 Å². The first kappa shape index (κ1) is 27.9. The van der Waals surface area contributed by atoms with Crippen LogP contribution in [0.25, 0.3) is 99.7 Å². The Kier molecular flexibility index (Phi) is 5.89. The predicted octanol–water partition coefficient (Wildman–Crippen LogP) is 11.9. The Labute approximate surface area is 292 Å². The summed E-state index contributed by atoms with van der Waals surface area (Å²) in [4.78, 5) is 10.0. The number of hydrogen-bond donors (Lipinski definition) is 0. The quantitative estimate of drug-likeness (QED) is 0.190. The van der Waals surface area contributed by atoms with E-state index >= 15 is 0 Å². The second-order valence-electron chi connectivity index (χ2n) is 13.0. The number of para-hydroxylation sites is 4. The van der Waals surface area contributed by atoms with Crippen LogP contribution in [0.5, 0.6) is 0 Å². The van der Waals surface area contributed by atoms with Crippen LogP contribution in [0.15, 0.2) is 174 Å². The third-order valence-corrected chi connectivity index (χ3v) is 10.2. The number of nitrogens with zero attached hydrogens (tertiary/aromatic N) is 4. The molecule has 0 bridgehead atoms. The molecule has 0 radical (unpaired) electrons. The minimum atomic E-state index is 0.587. The van der Waals surface area contributed by atoms with Crippen LogP contribution in [0.4, 0.5) is 0 Å². The fourth-order valence-corrected chi connectivity index (χ4v) is 7.95. The summed E-state index contributed by atoms with van der Waals surface area (Å²) >= 11 is 0. The molecule has 0 atom stereocenters. The van der Waals surface area contributed by atoms with E-state index in [9.17, 15) is 0 Å². The van der Waals surface area contributed by atoms with Crippen LogP contribution in [-0.2, 0) is 0 Å². The zero-order chi connectivity index (χ0) is 33.5. The van der Waals surface area contributed by atoms with Gasteiger partial charge in [0, 0.05) is 49.4 Å². The molecular formula is C46H28N4O. The first-order valence-corrected chi connectivity index (χ1v) is 17.2. The van der Waals surface area contributed by atoms with Crippen LogP contribution in [0.1, 0.15) is 0 Å². The van der Waals surface area contributed by atoms with Crippen LogP contribution < -0.4 is 0 Å². The molecule has 0 aliphatic rings. The summed E-state index contributed by atoms with van der Waals surface area (Å²) in [5, 5.41) is 6.88. The summed E-state index contributed by atoms with van der Waals surface area (Å²) < 4.78 is 11.1. The molecule has 0 amide bonds. The van der Waals surface area contributed by atoms with Gasteiger partial charge in [0.2, 0.25) is 5.71 Å². The largest absolute Gasteiger partial charge is 0.438 e. The maximum absolute atomic E-state index is 6.30. The lowest BCUT2D eigenvalue weighted by atomic mass is 10.0. The highest BCUT2D eigenvalue weighted by Gasteiger charge is 2.22. The van der Waals surface area contributed by atoms with E-state index in [2.05, 4.69) is 130 Å². The van der Waals surface area contributed by atoms with Crippen LogP contribution in [0, 0.1) is 0 Å². The molecule has 11 aromatic rings. The lowest BCUT2D eigenvalue weighted by Gasteiger charge is -2.11. The Morgan fingerprint density at radius 2 is 1.02 bits per heavy atom. The minimum absolute atomic E-state index is 0.587. The molecule has 0 aliphatic carbocycles. The molecular weight excluding hydrogens is 625 g/mol. The van der Waals surface area contributed by atoms with Crippen molar-refractivity contribution in [3.8, 4) is 34.0 Å². The molecule has 0 saturated carbocycles. The van der Waals surface area contributed by atoms with Crippen molar-refractivity contribution in [2.45, 2.75) is 0 Å². The van der Waals surface area contributed by atoms with Crippen LogP contribution in [0.3, 0.4) is 0 Å². The van der Waals surface area contributed by atoms with Gasteiger partial charge < -0.3 is 13.6 Å². The topological polar surface area (TPSA) is 48.8 Å². The number of hydrogen-bond acceptors (Lipinski definition) is 3. The maximum Gasteiger partial charge on any atom is 0.231 e. The number of aromatic nitrogens is 4. The number of fused-ring (bicyclic) bond motifs is 10. The summed E-state index contributed by atoms with van der Waals surface area (Å²) in [6.45, 7) is 0. The van der Waals surface area contributed by atoms with Gasteiger partial charge in [-0.3, -0.25) is 0 Å². The molecule has 11 rings (SSSR count). The predicted molar refractivity (Wildman–Crippen MR) is 209 cm³/mol. The van der Waals surface area contributed by atoms with Crippen LogP contribution in [-0.4, -0.2) is 19.1 Å². The van der Waals surface area contributed by atoms with Crippen molar-refractivity contribution in [3.05, 3.63) is 170 Å². The second-order valence-corrected chi connectivity index (χ2v) is 13.0. The number of furan rings is 1. The molecule has 0 aliphatic heterocycles. The van der Waals surface area contributed by atoms with Crippen molar-refractivity contribution >= 4 is 65.7 Å². The van der Waals surface area contributed by atoms with E-state index in [1.165, 1.54) is 32.6 Å². The van der Waals surface area contributed by atoms with Gasteiger partial charge in [0.1, 0.15) is 5.58 Å². The highest BCUT2D eigenvalue weighted by Crippen LogP contribution is 2.42. The zero-order valence-corrected chi connectivity index (χ0v) is 27.4. The molecule has 4 aromatic heterocycles. The van der Waals surface area contributed by atoms with Crippen molar-refractivity contribution in [1.29, 1.82) is 0 Å². The number of rotatable bonds is 4. The molecule has 51 heavy (non-hydrogen) atoms. The van der Waals surface area contributed by atoms with E-state index in [1.54, 1.807) is 0 Å². The molecule has 0 fully saturated rings. The molecule has 0 spiro atoms. The van der Waals surface area contributed by atoms with E-state index in [-0.39, 0.29) is 0 Å². The summed E-state index contributed by atoms with van der Waals surface area (Å²) in [6, 6.07) is 59.7. The van der Waals surface area contributed by atoms with Gasteiger partial charge in [-0.05, 0) is 48.5 Å². The highest BCUT2D eigenvalue weighted by molar-refractivity contribution is 6.26. The Morgan fingerprint density at radius 1 is 0.392 bits per heavy atom. The van der Waals surface area contributed by atoms with Crippen molar-refractivity contribution < 1.29 is 4.42 Å². The molecule has 5 nitrogen and oxygen atoms in total. The molecule has 5 heteroatoms. The molecule has 0 saturated heterocycles. The average molecular weight is 653 g/mol. The summed E-state index contributed by atoms with van der Waals surface area (Å²) in [5.74, 6) is 0.640. The standard InChI is InChI=1S/C46H28N4O/c1-3-13-30(14-4-1)45-47-43(42-36-19-9-12-22-40(36)51-46(42)48-45)29-23-25-32(26-24-29)49-38-21-11-8-18-35(38)41-39(49)28-27-34-33-17-7-10-20-37(33)50(44(34)41)31-15-5-2-6-16-31/h1-28H. The van der Waals surface area contributed by atoms with Gasteiger partial charge in [-0.2, -0.15) is 4.98 Å². The second kappa shape index (κ2) is 10.8. The van der Waals surface area contributed by atoms with E-state index in [4.69, 9.17) is 14.4 Å². The van der Waals surface area contributed by atoms with Gasteiger partial charge in [-0.25, -0.2) is 4.98 Å². The zero-order valence-electron chi connectivity index (χ0n) is 27.4. The molecule has 7 aromatic carbocycles. The number of benzene rings is 7. The maximum atomic E-state index is 6.30. The highest BCUT2D eigenvalue weighted by atomic mass is 16.3. The van der Waals surface area contributed by atoms with E-state index < -0.39 is 0 Å². The molecule has 0 unspecified atom stereocenters. The lowest BCUT2D eigenvalue weighted by Crippen LogP contribution is -1.96. The Balaban J connectivity index is 1.16. The Bertz CT molecular complexity index is 3120. The van der Waals surface area contributed by atoms with Gasteiger partial charge in [0.05, 0.1) is 33.1 Å². The molecule has 0 N–H and O–H groups in total. The molecule has 4 heterocycles. The van der Waals surface area contributed by atoms with Crippen molar-refractivity contribution in [1.82, 2.24) is 19.1 Å². The Hall–Kier alpha value is -6.98. The summed E-state index contributed by atoms with van der Waals surface area (Å²) in [6.07, 6.45) is 0. The monoisotopic (exact) mass is 652 g/mol. The smallest absolute Gasteiger partial charge is 0.231 e. The van der Waals surface area contributed by atoms with E-state index in [0.717, 1.165) is 55.6 Å². The first-order valence-electron chi connectivity index (χ1n) is 17.2. The molecule has 238 valence electrons. The minimum Gasteiger partial charge on any atom is -0.438 e. The Morgan fingerprint density at radius 3 is 1.80 bits per heavy atom. The third-order valence-electron chi connectivity index (χ3n) is 10.2. The first-order chi connectivity index (χ1) is 25.3. The van der Waals surface area contributed by atoms with Crippen molar-refractivity contribution in [3.63, 3.8) is 0 Å². The van der Waals surface area contributed by atoms with Gasteiger partial charge in [-0.15, -0.1) is 0 Å². The fourth-order valence-electron chi connectivity index (χ4n) is 7.95. The normalized spacial score (nSPS) is 11.9. The summed E-state index contributed by atoms with van der Waals surface area (Å²) in [5.41, 5.74) is 11.2. The lowest BCUT2D eigenvalue weighted by molar-refractivity contribution is 0.653. The van der Waals surface area contributed by atoms with E-state index in [1.807, 2.05) is 48.5 Å². The van der Waals surface area contributed by atoms with Gasteiger partial charge in [0.25, 0.3) is 0 Å². The SMILES string of the molecule is c1ccc(-c2nc(-c3ccc(-n4c5ccccc5c5c4ccc4c6ccccc6n(-c6ccccc6)c45)cc3)c3c(n2)oc2ccccc23)cc1.